The SMILES string of the molecule is CC(=O)N1CCC[C@@H](c2nc(Nc3cc(C)cc(Cl)c3)cc(-c3cnccn3)n2)C1.N/C=C\NN. The summed E-state index contributed by atoms with van der Waals surface area (Å²) in [6.45, 7) is 5.00. The number of hydrazine groups is 1. The van der Waals surface area contributed by atoms with Crippen molar-refractivity contribution in [2.45, 2.75) is 32.6 Å². The predicted octanol–water partition coefficient (Wildman–Crippen LogP) is 3.24. The Morgan fingerprint density at radius 1 is 1.20 bits per heavy atom. The fraction of sp³-hybridized carbons (Fsp3) is 0.292. The van der Waals surface area contributed by atoms with E-state index in [1.54, 1.807) is 25.5 Å². The van der Waals surface area contributed by atoms with Crippen LogP contribution in [0.4, 0.5) is 11.5 Å². The summed E-state index contributed by atoms with van der Waals surface area (Å²) < 4.78 is 0. The Kier molecular flexibility index (Phi) is 9.33. The Morgan fingerprint density at radius 2 is 2.03 bits per heavy atom. The van der Waals surface area contributed by atoms with Gasteiger partial charge in [0.1, 0.15) is 17.3 Å². The molecule has 1 atom stereocenters. The summed E-state index contributed by atoms with van der Waals surface area (Å²) in [5, 5.41) is 4.00. The van der Waals surface area contributed by atoms with E-state index >= 15 is 0 Å². The summed E-state index contributed by atoms with van der Waals surface area (Å²) in [5.41, 5.74) is 10.3. The first-order valence-corrected chi connectivity index (χ1v) is 11.6. The number of anilines is 2. The molecular formula is C24H30ClN9O. The number of amides is 1. The maximum absolute atomic E-state index is 11.9. The van der Waals surface area contributed by atoms with E-state index < -0.39 is 0 Å². The number of piperidine rings is 1. The van der Waals surface area contributed by atoms with Crippen LogP contribution in [-0.2, 0) is 4.79 Å². The van der Waals surface area contributed by atoms with Gasteiger partial charge in [-0.25, -0.2) is 9.97 Å². The molecule has 1 saturated heterocycles. The van der Waals surface area contributed by atoms with Gasteiger partial charge in [-0.15, -0.1) is 0 Å². The molecule has 4 rings (SSSR count). The highest BCUT2D eigenvalue weighted by molar-refractivity contribution is 6.30. The zero-order chi connectivity index (χ0) is 25.2. The Hall–Kier alpha value is -3.76. The summed E-state index contributed by atoms with van der Waals surface area (Å²) in [7, 11) is 0. The molecule has 1 amide bonds. The van der Waals surface area contributed by atoms with E-state index in [0.717, 1.165) is 30.6 Å². The van der Waals surface area contributed by atoms with Crippen LogP contribution in [-0.4, -0.2) is 43.8 Å². The summed E-state index contributed by atoms with van der Waals surface area (Å²) >= 11 is 6.21. The number of rotatable bonds is 5. The molecule has 35 heavy (non-hydrogen) atoms. The van der Waals surface area contributed by atoms with Gasteiger partial charge < -0.3 is 21.4 Å². The third kappa shape index (κ3) is 7.62. The quantitative estimate of drug-likeness (QED) is 0.309. The lowest BCUT2D eigenvalue weighted by Crippen LogP contribution is -2.38. The standard InChI is InChI=1S/C22H23ClN6O.C2H7N3/c1-14-8-17(23)10-18(9-14)26-21-11-19(20-12-24-5-6-25-20)27-22(28-21)16-4-3-7-29(13-16)15(2)30;3-1-2-5-4/h5-6,8-12,16H,3-4,7,13H2,1-2H3,(H,26,27,28);1-2,5H,3-4H2/b;2-1-/t16-;/m1./s1. The molecule has 2 aromatic heterocycles. The number of aryl methyl sites for hydroxylation is 1. The fourth-order valence-corrected chi connectivity index (χ4v) is 4.05. The maximum atomic E-state index is 11.9. The summed E-state index contributed by atoms with van der Waals surface area (Å²) in [6, 6.07) is 7.63. The van der Waals surface area contributed by atoms with Gasteiger partial charge >= 0.3 is 0 Å². The van der Waals surface area contributed by atoms with Gasteiger partial charge in [0.25, 0.3) is 0 Å². The molecule has 11 heteroatoms. The van der Waals surface area contributed by atoms with Crippen molar-refractivity contribution >= 4 is 29.0 Å². The zero-order valence-electron chi connectivity index (χ0n) is 19.8. The van der Waals surface area contributed by atoms with Crippen LogP contribution < -0.4 is 22.3 Å². The average molecular weight is 496 g/mol. The van der Waals surface area contributed by atoms with Gasteiger partial charge in [-0.05, 0) is 43.5 Å². The number of carbonyl (C=O) groups excluding carboxylic acids is 1. The van der Waals surface area contributed by atoms with Crippen LogP contribution in [0.2, 0.25) is 5.02 Å². The van der Waals surface area contributed by atoms with Gasteiger partial charge in [-0.3, -0.25) is 20.6 Å². The highest BCUT2D eigenvalue weighted by Crippen LogP contribution is 2.29. The molecule has 3 heterocycles. The number of carbonyl (C=O) groups is 1. The van der Waals surface area contributed by atoms with Crippen LogP contribution >= 0.6 is 11.6 Å². The summed E-state index contributed by atoms with van der Waals surface area (Å²) in [6.07, 6.45) is 9.57. The van der Waals surface area contributed by atoms with Crippen molar-refractivity contribution in [3.8, 4) is 11.4 Å². The number of hydrogen-bond donors (Lipinski definition) is 4. The lowest BCUT2D eigenvalue weighted by Gasteiger charge is -2.31. The first kappa shape index (κ1) is 25.9. The van der Waals surface area contributed by atoms with Gasteiger partial charge in [0.15, 0.2) is 0 Å². The minimum absolute atomic E-state index is 0.0703. The second-order valence-corrected chi connectivity index (χ2v) is 8.50. The van der Waals surface area contributed by atoms with Crippen molar-refractivity contribution in [1.29, 1.82) is 0 Å². The van der Waals surface area contributed by atoms with E-state index in [4.69, 9.17) is 33.1 Å². The lowest BCUT2D eigenvalue weighted by atomic mass is 9.97. The van der Waals surface area contributed by atoms with E-state index in [1.807, 2.05) is 36.1 Å². The molecule has 3 aromatic rings. The molecule has 6 N–H and O–H groups in total. The molecule has 0 unspecified atom stereocenters. The molecule has 0 spiro atoms. The highest BCUT2D eigenvalue weighted by atomic mass is 35.5. The minimum Gasteiger partial charge on any atom is -0.403 e. The van der Waals surface area contributed by atoms with Crippen molar-refractivity contribution in [2.24, 2.45) is 11.6 Å². The molecule has 0 radical (unpaired) electrons. The molecule has 1 fully saturated rings. The van der Waals surface area contributed by atoms with E-state index in [1.165, 1.54) is 12.4 Å². The second kappa shape index (κ2) is 12.6. The van der Waals surface area contributed by atoms with Gasteiger partial charge in [-0.2, -0.15) is 0 Å². The molecular weight excluding hydrogens is 466 g/mol. The molecule has 10 nitrogen and oxygen atoms in total. The van der Waals surface area contributed by atoms with E-state index in [2.05, 4.69) is 20.7 Å². The Labute approximate surface area is 209 Å². The van der Waals surface area contributed by atoms with Crippen molar-refractivity contribution in [3.63, 3.8) is 0 Å². The normalized spacial score (nSPS) is 15.3. The Balaban J connectivity index is 0.000000623. The van der Waals surface area contributed by atoms with E-state index in [0.29, 0.717) is 34.6 Å². The predicted molar refractivity (Wildman–Crippen MR) is 137 cm³/mol. The van der Waals surface area contributed by atoms with Crippen LogP contribution in [0, 0.1) is 6.92 Å². The Morgan fingerprint density at radius 3 is 2.66 bits per heavy atom. The molecule has 0 saturated carbocycles. The fourth-order valence-electron chi connectivity index (χ4n) is 3.76. The average Bonchev–Trinajstić information content (AvgIpc) is 2.85. The third-order valence-electron chi connectivity index (χ3n) is 5.31. The first-order valence-electron chi connectivity index (χ1n) is 11.2. The molecule has 0 aliphatic carbocycles. The summed E-state index contributed by atoms with van der Waals surface area (Å²) in [4.78, 5) is 31.8. The smallest absolute Gasteiger partial charge is 0.219 e. The molecule has 0 bridgehead atoms. The van der Waals surface area contributed by atoms with Crippen LogP contribution in [0.3, 0.4) is 0 Å². The van der Waals surface area contributed by atoms with Gasteiger partial charge in [-0.1, -0.05) is 11.6 Å². The number of hydrogen-bond acceptors (Lipinski definition) is 9. The van der Waals surface area contributed by atoms with Crippen LogP contribution in [0.25, 0.3) is 11.4 Å². The lowest BCUT2D eigenvalue weighted by molar-refractivity contribution is -0.130. The third-order valence-corrected chi connectivity index (χ3v) is 5.53. The van der Waals surface area contributed by atoms with Crippen molar-refractivity contribution in [3.05, 3.63) is 71.7 Å². The van der Waals surface area contributed by atoms with Gasteiger partial charge in [0.2, 0.25) is 5.91 Å². The van der Waals surface area contributed by atoms with Gasteiger partial charge in [0, 0.05) is 67.5 Å². The van der Waals surface area contributed by atoms with Crippen LogP contribution in [0.1, 0.15) is 37.1 Å². The number of nitrogens with zero attached hydrogens (tertiary/aromatic N) is 5. The number of aromatic nitrogens is 4. The minimum atomic E-state index is 0.0703. The molecule has 1 aliphatic heterocycles. The number of nitrogens with two attached hydrogens (primary N) is 2. The molecule has 1 aliphatic rings. The topological polar surface area (TPSA) is 148 Å². The zero-order valence-corrected chi connectivity index (χ0v) is 20.5. The number of nitrogens with one attached hydrogen (secondary N) is 2. The monoisotopic (exact) mass is 495 g/mol. The number of likely N-dealkylation sites (tertiary alicyclic amines) is 1. The highest BCUT2D eigenvalue weighted by Gasteiger charge is 2.26. The largest absolute Gasteiger partial charge is 0.403 e. The number of halogens is 1. The Bertz CT molecular complexity index is 1140. The molecule has 1 aromatic carbocycles. The van der Waals surface area contributed by atoms with Crippen LogP contribution in [0.15, 0.2) is 55.3 Å². The summed E-state index contributed by atoms with van der Waals surface area (Å²) in [5.74, 6) is 6.23. The van der Waals surface area contributed by atoms with E-state index in [9.17, 15) is 4.79 Å². The molecule has 184 valence electrons. The van der Waals surface area contributed by atoms with E-state index in [-0.39, 0.29) is 11.8 Å². The van der Waals surface area contributed by atoms with Crippen molar-refractivity contribution < 1.29 is 4.79 Å². The second-order valence-electron chi connectivity index (χ2n) is 8.06. The van der Waals surface area contributed by atoms with Crippen molar-refractivity contribution in [2.75, 3.05) is 18.4 Å². The maximum Gasteiger partial charge on any atom is 0.219 e. The number of benzene rings is 1. The van der Waals surface area contributed by atoms with Gasteiger partial charge in [0.05, 0.1) is 11.9 Å². The van der Waals surface area contributed by atoms with Crippen molar-refractivity contribution in [1.82, 2.24) is 30.3 Å². The first-order chi connectivity index (χ1) is 16.9. The van der Waals surface area contributed by atoms with Crippen LogP contribution in [0.5, 0.6) is 0 Å².